The summed E-state index contributed by atoms with van der Waals surface area (Å²) >= 11 is 12.2. The number of hydrogen-bond donors (Lipinski definition) is 2. The van der Waals surface area contributed by atoms with Crippen molar-refractivity contribution in [1.29, 1.82) is 0 Å². The number of anilines is 2. The summed E-state index contributed by atoms with van der Waals surface area (Å²) in [4.78, 5) is 18.0. The van der Waals surface area contributed by atoms with Crippen molar-refractivity contribution in [3.8, 4) is 23.1 Å². The predicted octanol–water partition coefficient (Wildman–Crippen LogP) is 7.40. The Morgan fingerprint density at radius 2 is 1.60 bits per heavy atom. The molecule has 0 fully saturated rings. The van der Waals surface area contributed by atoms with Crippen molar-refractivity contribution in [3.63, 3.8) is 0 Å². The van der Waals surface area contributed by atoms with Crippen LogP contribution >= 0.6 is 23.2 Å². The maximum atomic E-state index is 13.5. The van der Waals surface area contributed by atoms with Crippen LogP contribution in [0.25, 0.3) is 10.9 Å². The fraction of sp³-hybridized carbons (Fsp3) is 0.0667. The monoisotopic (exact) mass is 623 g/mol. The van der Waals surface area contributed by atoms with Crippen LogP contribution in [0, 0.1) is 0 Å². The number of aromatic nitrogens is 1. The van der Waals surface area contributed by atoms with Crippen LogP contribution in [0.5, 0.6) is 23.1 Å². The van der Waals surface area contributed by atoms with E-state index in [4.69, 9.17) is 37.4 Å². The van der Waals surface area contributed by atoms with Gasteiger partial charge in [0.15, 0.2) is 17.2 Å². The minimum atomic E-state index is -3.99. The smallest absolute Gasteiger partial charge is 0.262 e. The summed E-state index contributed by atoms with van der Waals surface area (Å²) < 4.78 is 45.1. The summed E-state index contributed by atoms with van der Waals surface area (Å²) in [7, 11) is -1.12. The molecule has 1 heterocycles. The van der Waals surface area contributed by atoms with E-state index in [2.05, 4.69) is 15.0 Å². The van der Waals surface area contributed by atoms with Gasteiger partial charge in [0.05, 0.1) is 35.3 Å². The van der Waals surface area contributed by atoms with Crippen LogP contribution in [0.15, 0.2) is 95.9 Å². The molecule has 0 aliphatic heterocycles. The minimum absolute atomic E-state index is 0.0336. The van der Waals surface area contributed by atoms with Crippen molar-refractivity contribution in [2.24, 2.45) is 0 Å². The number of halogens is 2. The summed E-state index contributed by atoms with van der Waals surface area (Å²) in [6, 6.07) is 24.2. The van der Waals surface area contributed by atoms with Crippen molar-refractivity contribution in [2.75, 3.05) is 24.3 Å². The minimum Gasteiger partial charge on any atom is -0.493 e. The van der Waals surface area contributed by atoms with E-state index in [1.807, 2.05) is 18.2 Å². The van der Waals surface area contributed by atoms with Gasteiger partial charge in [-0.15, -0.1) is 0 Å². The Balaban J connectivity index is 1.41. The molecule has 0 saturated carbocycles. The van der Waals surface area contributed by atoms with Crippen LogP contribution in [0.4, 0.5) is 11.4 Å². The molecule has 0 spiro atoms. The zero-order valence-corrected chi connectivity index (χ0v) is 24.5. The van der Waals surface area contributed by atoms with Gasteiger partial charge in [-0.3, -0.25) is 9.52 Å². The molecule has 0 radical (unpaired) electrons. The Bertz CT molecular complexity index is 1900. The highest BCUT2D eigenvalue weighted by atomic mass is 35.5. The number of sulfonamides is 1. The van der Waals surface area contributed by atoms with Crippen molar-refractivity contribution < 1.29 is 27.4 Å². The number of carbonyl (C=O) groups excluding carboxylic acids is 1. The summed E-state index contributed by atoms with van der Waals surface area (Å²) in [6.45, 7) is 0. The number of benzene rings is 4. The van der Waals surface area contributed by atoms with Gasteiger partial charge >= 0.3 is 0 Å². The number of fused-ring (bicyclic) bond motifs is 1. The second-order valence-corrected chi connectivity index (χ2v) is 11.4. The van der Waals surface area contributed by atoms with Gasteiger partial charge in [0, 0.05) is 22.2 Å². The lowest BCUT2D eigenvalue weighted by molar-refractivity contribution is 0.102. The fourth-order valence-electron chi connectivity index (χ4n) is 4.08. The summed E-state index contributed by atoms with van der Waals surface area (Å²) in [5.41, 5.74) is 1.31. The van der Waals surface area contributed by atoms with Crippen LogP contribution in [0.2, 0.25) is 10.0 Å². The van der Waals surface area contributed by atoms with Crippen LogP contribution < -0.4 is 24.2 Å². The van der Waals surface area contributed by atoms with E-state index in [0.29, 0.717) is 27.7 Å². The lowest BCUT2D eigenvalue weighted by Gasteiger charge is -2.15. The van der Waals surface area contributed by atoms with Crippen molar-refractivity contribution in [1.82, 2.24) is 4.98 Å². The number of para-hydroxylation sites is 2. The van der Waals surface area contributed by atoms with E-state index in [-0.39, 0.29) is 32.8 Å². The maximum Gasteiger partial charge on any atom is 0.262 e. The SMILES string of the molecule is COc1cc(Cl)ccc1Oc1nc2ccccc2cc1C(=O)Nc1ccc(S(=O)(=O)Nc2cccc(Cl)c2OC)cc1. The van der Waals surface area contributed by atoms with Crippen molar-refractivity contribution in [3.05, 3.63) is 107 Å². The lowest BCUT2D eigenvalue weighted by atomic mass is 10.1. The number of methoxy groups -OCH3 is 2. The summed E-state index contributed by atoms with van der Waals surface area (Å²) in [6.07, 6.45) is 0. The predicted molar refractivity (Wildman–Crippen MR) is 163 cm³/mol. The number of nitrogens with one attached hydrogen (secondary N) is 2. The highest BCUT2D eigenvalue weighted by Gasteiger charge is 2.21. The standard InChI is InChI=1S/C30H23Cl2N3O6S/c1-39-27-17-19(31)10-15-26(27)41-30-22(16-18-6-3-4-8-24(18)34-30)29(36)33-20-11-13-21(14-12-20)42(37,38)35-25-9-5-7-23(32)28(25)40-2/h3-17,35H,1-2H3,(H,33,36). The number of rotatable bonds is 9. The first kappa shape index (κ1) is 29.0. The normalized spacial score (nSPS) is 11.1. The van der Waals surface area contributed by atoms with E-state index in [1.54, 1.807) is 42.5 Å². The zero-order chi connectivity index (χ0) is 29.9. The number of pyridine rings is 1. The summed E-state index contributed by atoms with van der Waals surface area (Å²) in [5.74, 6) is 0.408. The van der Waals surface area contributed by atoms with Gasteiger partial charge in [-0.05, 0) is 60.7 Å². The molecule has 12 heteroatoms. The van der Waals surface area contributed by atoms with Crippen LogP contribution in [-0.4, -0.2) is 33.5 Å². The first-order chi connectivity index (χ1) is 20.2. The van der Waals surface area contributed by atoms with Gasteiger partial charge in [-0.25, -0.2) is 13.4 Å². The third kappa shape index (κ3) is 6.20. The van der Waals surface area contributed by atoms with Crippen LogP contribution in [0.3, 0.4) is 0 Å². The average Bonchev–Trinajstić information content (AvgIpc) is 2.98. The number of nitrogens with zero attached hydrogens (tertiary/aromatic N) is 1. The lowest BCUT2D eigenvalue weighted by Crippen LogP contribution is -2.15. The quantitative estimate of drug-likeness (QED) is 0.176. The molecule has 0 saturated heterocycles. The third-order valence-corrected chi connectivity index (χ3v) is 8.02. The Kier molecular flexibility index (Phi) is 8.39. The Morgan fingerprint density at radius 3 is 2.33 bits per heavy atom. The molecule has 1 amide bonds. The molecule has 5 aromatic rings. The van der Waals surface area contributed by atoms with Gasteiger partial charge in [-0.2, -0.15) is 0 Å². The molecule has 4 aromatic carbocycles. The highest BCUT2D eigenvalue weighted by Crippen LogP contribution is 2.36. The molecule has 0 atom stereocenters. The van der Waals surface area contributed by atoms with Crippen molar-refractivity contribution >= 4 is 61.4 Å². The van der Waals surface area contributed by atoms with Gasteiger partial charge in [0.2, 0.25) is 5.88 Å². The van der Waals surface area contributed by atoms with Crippen LogP contribution in [-0.2, 0) is 10.0 Å². The third-order valence-electron chi connectivity index (χ3n) is 6.10. The molecular weight excluding hydrogens is 601 g/mol. The molecule has 42 heavy (non-hydrogen) atoms. The number of carbonyl (C=O) groups is 1. The van der Waals surface area contributed by atoms with Gasteiger partial charge in [-0.1, -0.05) is 47.5 Å². The Labute approximate surface area is 252 Å². The van der Waals surface area contributed by atoms with Crippen molar-refractivity contribution in [2.45, 2.75) is 4.90 Å². The molecule has 0 bridgehead atoms. The second-order valence-electron chi connectivity index (χ2n) is 8.84. The van der Waals surface area contributed by atoms with Gasteiger partial charge < -0.3 is 19.5 Å². The molecule has 5 rings (SSSR count). The van der Waals surface area contributed by atoms with E-state index in [9.17, 15) is 13.2 Å². The highest BCUT2D eigenvalue weighted by molar-refractivity contribution is 7.92. The van der Waals surface area contributed by atoms with E-state index < -0.39 is 15.9 Å². The Morgan fingerprint density at radius 1 is 0.833 bits per heavy atom. The first-order valence-corrected chi connectivity index (χ1v) is 14.6. The molecule has 2 N–H and O–H groups in total. The molecule has 1 aromatic heterocycles. The Hall–Kier alpha value is -4.51. The molecule has 214 valence electrons. The van der Waals surface area contributed by atoms with Crippen LogP contribution in [0.1, 0.15) is 10.4 Å². The number of amides is 1. The van der Waals surface area contributed by atoms with E-state index >= 15 is 0 Å². The largest absolute Gasteiger partial charge is 0.493 e. The van der Waals surface area contributed by atoms with Gasteiger partial charge in [0.25, 0.3) is 15.9 Å². The average molecular weight is 625 g/mol. The summed E-state index contributed by atoms with van der Waals surface area (Å²) in [5, 5.41) is 4.22. The molecule has 0 aliphatic carbocycles. The molecule has 0 unspecified atom stereocenters. The molecular formula is C30H23Cl2N3O6S. The maximum absolute atomic E-state index is 13.5. The first-order valence-electron chi connectivity index (χ1n) is 12.4. The fourth-order valence-corrected chi connectivity index (χ4v) is 5.56. The zero-order valence-electron chi connectivity index (χ0n) is 22.2. The molecule has 0 aliphatic rings. The molecule has 9 nitrogen and oxygen atoms in total. The van der Waals surface area contributed by atoms with E-state index in [0.717, 1.165) is 5.39 Å². The number of hydrogen-bond acceptors (Lipinski definition) is 7. The van der Waals surface area contributed by atoms with E-state index in [1.165, 1.54) is 44.6 Å². The van der Waals surface area contributed by atoms with Gasteiger partial charge in [0.1, 0.15) is 5.56 Å². The second kappa shape index (κ2) is 12.2. The topological polar surface area (TPSA) is 116 Å². The number of ether oxygens (including phenoxy) is 3.